The van der Waals surface area contributed by atoms with Crippen LogP contribution in [-0.2, 0) is 52.1 Å². The van der Waals surface area contributed by atoms with Gasteiger partial charge in [0.25, 0.3) is 0 Å². The van der Waals surface area contributed by atoms with Crippen LogP contribution in [0.2, 0.25) is 0 Å². The number of carbonyl (C=O) groups is 1. The molecular weight excluding hydrogens is 911 g/mol. The van der Waals surface area contributed by atoms with Crippen molar-refractivity contribution in [1.82, 2.24) is 5.32 Å². The molecule has 0 unspecified atom stereocenters. The number of halogens is 3. The molecule has 5 N–H and O–H groups in total. The van der Waals surface area contributed by atoms with E-state index in [4.69, 9.17) is 92.6 Å². The first kappa shape index (κ1) is 63.8. The summed E-state index contributed by atoms with van der Waals surface area (Å²) in [6.45, 7) is 8.63. The molecule has 65 heavy (non-hydrogen) atoms. The van der Waals surface area contributed by atoms with E-state index in [9.17, 15) is 15.0 Å². The Bertz CT molecular complexity index is 1210. The summed E-state index contributed by atoms with van der Waals surface area (Å²) in [6.07, 6.45) is 14.6. The zero-order valence-electron chi connectivity index (χ0n) is 39.7. The minimum absolute atomic E-state index is 0. The van der Waals surface area contributed by atoms with Gasteiger partial charge in [-0.25, -0.2) is 4.79 Å². The van der Waals surface area contributed by atoms with Crippen molar-refractivity contribution >= 4 is 40.9 Å². The molecule has 0 aromatic heterocycles. The maximum absolute atomic E-state index is 12.4. The van der Waals surface area contributed by atoms with Crippen LogP contribution in [0.1, 0.15) is 125 Å². The lowest BCUT2D eigenvalue weighted by atomic mass is 9.96. The van der Waals surface area contributed by atoms with Crippen LogP contribution in [0.15, 0.2) is 24.7 Å². The van der Waals surface area contributed by atoms with E-state index in [-0.39, 0.29) is 39.5 Å². The van der Waals surface area contributed by atoms with Gasteiger partial charge in [-0.15, -0.1) is 0 Å². The molecule has 0 bridgehead atoms. The number of ether oxygens (including phenoxy) is 11. The predicted octanol–water partition coefficient (Wildman–Crippen LogP) is 8.27. The number of alkyl halides is 3. The SMILES string of the molecule is C.C/C=C\O[C@H]1O[C@H](COC)[C@@H](O)[C@H](OCC[C@@H](CCCCCCC)OC)[C@H]1N.C/C=C\O[C@H]1O[C@H](COC)[C@@H](O)[C@H](OCC[C@@H](CCCCCCC)OC)[C@H]1NC(=O)OCC(Cl)(Cl)Cl. The van der Waals surface area contributed by atoms with Crippen molar-refractivity contribution in [2.24, 2.45) is 5.73 Å². The van der Waals surface area contributed by atoms with Gasteiger partial charge in [0.1, 0.15) is 49.3 Å². The Morgan fingerprint density at radius 1 is 0.708 bits per heavy atom. The molecule has 2 rings (SSSR count). The van der Waals surface area contributed by atoms with Gasteiger partial charge in [0, 0.05) is 41.7 Å². The first-order valence-electron chi connectivity index (χ1n) is 23.0. The molecule has 0 aromatic carbocycles. The van der Waals surface area contributed by atoms with Crippen molar-refractivity contribution in [3.63, 3.8) is 0 Å². The van der Waals surface area contributed by atoms with Crippen LogP contribution >= 0.6 is 34.8 Å². The summed E-state index contributed by atoms with van der Waals surface area (Å²) in [5.74, 6) is 0. The van der Waals surface area contributed by atoms with Crippen LogP contribution in [-0.4, -0.2) is 155 Å². The third-order valence-corrected chi connectivity index (χ3v) is 11.2. The number of nitrogens with two attached hydrogens (primary N) is 1. The number of carbonyl (C=O) groups excluding carboxylic acids is 1. The lowest BCUT2D eigenvalue weighted by Crippen LogP contribution is -2.65. The van der Waals surface area contributed by atoms with Crippen LogP contribution in [0.3, 0.4) is 0 Å². The fourth-order valence-corrected chi connectivity index (χ4v) is 7.44. The zero-order chi connectivity index (χ0) is 47.8. The lowest BCUT2D eigenvalue weighted by Gasteiger charge is -2.43. The van der Waals surface area contributed by atoms with Gasteiger partial charge in [-0.05, 0) is 39.5 Å². The Morgan fingerprint density at radius 3 is 1.60 bits per heavy atom. The van der Waals surface area contributed by atoms with E-state index >= 15 is 0 Å². The van der Waals surface area contributed by atoms with E-state index in [2.05, 4.69) is 19.2 Å². The molecule has 0 radical (unpaired) electrons. The second kappa shape index (κ2) is 38.6. The quantitative estimate of drug-likeness (QED) is 0.0285. The van der Waals surface area contributed by atoms with E-state index < -0.39 is 77.8 Å². The first-order chi connectivity index (χ1) is 30.7. The second-order valence-corrected chi connectivity index (χ2v) is 18.5. The number of methoxy groups -OCH3 is 4. The average Bonchev–Trinajstić information content (AvgIpc) is 3.27. The van der Waals surface area contributed by atoms with Crippen LogP contribution < -0.4 is 11.1 Å². The summed E-state index contributed by atoms with van der Waals surface area (Å²) in [5.41, 5.74) is 6.25. The molecule has 2 fully saturated rings. The van der Waals surface area contributed by atoms with E-state index in [0.717, 1.165) is 38.5 Å². The molecular formula is C46H87Cl3N2O14. The summed E-state index contributed by atoms with van der Waals surface area (Å²) in [4.78, 5) is 12.4. The number of allylic oxidation sites excluding steroid dienone is 2. The Hall–Kier alpha value is -1.22. The van der Waals surface area contributed by atoms with Crippen LogP contribution in [0.25, 0.3) is 0 Å². The molecule has 0 saturated carbocycles. The molecule has 19 heteroatoms. The van der Waals surface area contributed by atoms with Crippen molar-refractivity contribution in [1.29, 1.82) is 0 Å². The van der Waals surface area contributed by atoms with Crippen molar-refractivity contribution in [3.05, 3.63) is 24.7 Å². The van der Waals surface area contributed by atoms with Gasteiger partial charge in [0.05, 0.1) is 44.0 Å². The number of hydrogen-bond acceptors (Lipinski definition) is 15. The van der Waals surface area contributed by atoms with Gasteiger partial charge < -0.3 is 73.4 Å². The Balaban J connectivity index is 0.00000128. The van der Waals surface area contributed by atoms with Crippen molar-refractivity contribution < 1.29 is 67.1 Å². The Kier molecular flexibility index (Phi) is 37.9. The third-order valence-electron chi connectivity index (χ3n) is 10.8. The topological polar surface area (TPSA) is 197 Å². The molecule has 0 aliphatic carbocycles. The summed E-state index contributed by atoms with van der Waals surface area (Å²) >= 11 is 17.0. The number of hydrogen-bond donors (Lipinski definition) is 4. The second-order valence-electron chi connectivity index (χ2n) is 16.0. The Labute approximate surface area is 406 Å². The highest BCUT2D eigenvalue weighted by molar-refractivity contribution is 6.67. The summed E-state index contributed by atoms with van der Waals surface area (Å²) in [7, 11) is 6.48. The monoisotopic (exact) mass is 997 g/mol. The highest BCUT2D eigenvalue weighted by Crippen LogP contribution is 2.29. The minimum Gasteiger partial charge on any atom is -0.471 e. The highest BCUT2D eigenvalue weighted by Gasteiger charge is 2.48. The van der Waals surface area contributed by atoms with Crippen LogP contribution in [0, 0.1) is 0 Å². The van der Waals surface area contributed by atoms with E-state index in [1.54, 1.807) is 40.4 Å². The highest BCUT2D eigenvalue weighted by atomic mass is 35.6. The zero-order valence-corrected chi connectivity index (χ0v) is 41.9. The standard InChI is InChI=1S/C24H42Cl3NO8.C21H41NO6.CH4/c1-5-7-8-9-10-11-17(32-4)12-14-33-21-19(28-23(30)35-16-24(25,26)27)22(34-13-6-2)36-18(15-31-3)20(21)29;1-5-7-8-9-10-11-16(25-4)12-14-26-20-18(22)21(27-13-6-2)28-17(15-24-3)19(20)23;/h6,13,17-22,29H,5,7-12,14-16H2,1-4H3,(H,28,30);6,13,16-21,23H,5,7-12,14-15,22H2,1-4H3;1H4/b2*13-6-;/t17-,18-,19-,20-,21-,22+;16-,17-,18-,19-,20-,21+;/m11./s1. The number of nitrogens with one attached hydrogen (secondary N) is 1. The third kappa shape index (κ3) is 26.9. The van der Waals surface area contributed by atoms with Crippen molar-refractivity contribution in [2.45, 2.75) is 202 Å². The molecule has 2 aliphatic heterocycles. The number of unbranched alkanes of at least 4 members (excludes halogenated alkanes) is 8. The summed E-state index contributed by atoms with van der Waals surface area (Å²) in [6, 6.07) is -1.53. The van der Waals surface area contributed by atoms with Crippen LogP contribution in [0.5, 0.6) is 0 Å². The fourth-order valence-electron chi connectivity index (χ4n) is 7.28. The van der Waals surface area contributed by atoms with Crippen molar-refractivity contribution in [3.8, 4) is 0 Å². The summed E-state index contributed by atoms with van der Waals surface area (Å²) < 4.78 is 59.6. The molecule has 2 aliphatic rings. The normalized spacial score (nSPS) is 26.8. The lowest BCUT2D eigenvalue weighted by molar-refractivity contribution is -0.264. The largest absolute Gasteiger partial charge is 0.471 e. The first-order valence-corrected chi connectivity index (χ1v) is 24.1. The number of aliphatic hydroxyl groups is 2. The fraction of sp³-hybridized carbons (Fsp3) is 0.891. The molecule has 16 nitrogen and oxygen atoms in total. The molecule has 386 valence electrons. The number of aliphatic hydroxyl groups excluding tert-OH is 2. The maximum atomic E-state index is 12.4. The van der Waals surface area contributed by atoms with Crippen molar-refractivity contribution in [2.75, 3.05) is 61.5 Å². The molecule has 0 aromatic rings. The van der Waals surface area contributed by atoms with Gasteiger partial charge in [-0.3, -0.25) is 0 Å². The molecule has 0 spiro atoms. The molecule has 1 amide bonds. The predicted molar refractivity (Wildman–Crippen MR) is 255 cm³/mol. The Morgan fingerprint density at radius 2 is 1.15 bits per heavy atom. The van der Waals surface area contributed by atoms with Gasteiger partial charge in [0.2, 0.25) is 16.4 Å². The number of rotatable bonds is 32. The molecule has 2 heterocycles. The average molecular weight is 999 g/mol. The van der Waals surface area contributed by atoms with Gasteiger partial charge in [-0.1, -0.05) is 132 Å². The molecule has 2 saturated heterocycles. The van der Waals surface area contributed by atoms with Gasteiger partial charge in [-0.2, -0.15) is 0 Å². The number of alkyl carbamates (subject to hydrolysis) is 1. The maximum Gasteiger partial charge on any atom is 0.407 e. The van der Waals surface area contributed by atoms with Crippen LogP contribution in [0.4, 0.5) is 4.79 Å². The van der Waals surface area contributed by atoms with Gasteiger partial charge >= 0.3 is 6.09 Å². The minimum atomic E-state index is -1.77. The van der Waals surface area contributed by atoms with E-state index in [0.29, 0.717) is 13.0 Å². The number of amides is 1. The van der Waals surface area contributed by atoms with E-state index in [1.165, 1.54) is 64.6 Å². The molecule has 12 atom stereocenters. The smallest absolute Gasteiger partial charge is 0.407 e. The summed E-state index contributed by atoms with van der Waals surface area (Å²) in [5, 5.41) is 24.2. The van der Waals surface area contributed by atoms with Gasteiger partial charge in [0.15, 0.2) is 0 Å². The van der Waals surface area contributed by atoms with E-state index in [1.807, 2.05) is 6.92 Å².